The normalized spacial score (nSPS) is 14.6. The highest BCUT2D eigenvalue weighted by Gasteiger charge is 2.12. The molecule has 4 rings (SSSR count). The van der Waals surface area contributed by atoms with Crippen molar-refractivity contribution in [1.82, 2.24) is 10.2 Å². The summed E-state index contributed by atoms with van der Waals surface area (Å²) in [5.41, 5.74) is 3.86. The largest absolute Gasteiger partial charge is 0.456 e. The van der Waals surface area contributed by atoms with Gasteiger partial charge in [0.15, 0.2) is 5.43 Å². The molecule has 0 bridgehead atoms. The van der Waals surface area contributed by atoms with E-state index in [4.69, 9.17) is 9.15 Å². The molecule has 1 aliphatic rings. The van der Waals surface area contributed by atoms with E-state index in [1.807, 2.05) is 38.1 Å². The van der Waals surface area contributed by atoms with E-state index in [0.717, 1.165) is 56.0 Å². The molecule has 1 aromatic heterocycles. The molecule has 1 fully saturated rings. The Morgan fingerprint density at radius 1 is 1.06 bits per heavy atom. The van der Waals surface area contributed by atoms with Crippen molar-refractivity contribution in [3.63, 3.8) is 0 Å². The highest BCUT2D eigenvalue weighted by atomic mass is 16.5. The van der Waals surface area contributed by atoms with E-state index in [9.17, 15) is 9.59 Å². The average molecular weight is 421 g/mol. The predicted molar refractivity (Wildman–Crippen MR) is 122 cm³/mol. The molecule has 1 aliphatic heterocycles. The summed E-state index contributed by atoms with van der Waals surface area (Å²) in [6, 6.07) is 12.5. The second kappa shape index (κ2) is 9.45. The number of nitrogens with zero attached hydrogens (tertiary/aromatic N) is 1. The molecule has 3 aromatic rings. The van der Waals surface area contributed by atoms with Crippen molar-refractivity contribution in [2.45, 2.75) is 20.3 Å². The van der Waals surface area contributed by atoms with Crippen LogP contribution in [-0.4, -0.2) is 50.2 Å². The first-order valence-electron chi connectivity index (χ1n) is 10.7. The minimum Gasteiger partial charge on any atom is -0.456 e. The SMILES string of the molecule is Cc1cc(C)c2oc(-c3ccc(C(=O)NCCCN4CCOCC4)cc3)cc(=O)c2c1. The van der Waals surface area contributed by atoms with Crippen LogP contribution in [0.2, 0.25) is 0 Å². The summed E-state index contributed by atoms with van der Waals surface area (Å²) in [5.74, 6) is 0.404. The smallest absolute Gasteiger partial charge is 0.251 e. The van der Waals surface area contributed by atoms with Gasteiger partial charge in [0, 0.05) is 36.8 Å². The van der Waals surface area contributed by atoms with E-state index in [1.54, 1.807) is 12.1 Å². The Morgan fingerprint density at radius 3 is 2.55 bits per heavy atom. The number of nitrogens with one attached hydrogen (secondary N) is 1. The quantitative estimate of drug-likeness (QED) is 0.618. The van der Waals surface area contributed by atoms with E-state index in [2.05, 4.69) is 10.2 Å². The Bertz CT molecular complexity index is 1130. The second-order valence-corrected chi connectivity index (χ2v) is 8.07. The first kappa shape index (κ1) is 21.3. The Hall–Kier alpha value is -2.96. The molecule has 0 spiro atoms. The molecule has 162 valence electrons. The average Bonchev–Trinajstić information content (AvgIpc) is 2.78. The maximum absolute atomic E-state index is 12.6. The van der Waals surface area contributed by atoms with Gasteiger partial charge in [0.05, 0.1) is 18.6 Å². The number of carbonyl (C=O) groups excluding carboxylic acids is 1. The maximum atomic E-state index is 12.6. The lowest BCUT2D eigenvalue weighted by Gasteiger charge is -2.26. The van der Waals surface area contributed by atoms with Crippen LogP contribution < -0.4 is 10.7 Å². The minimum atomic E-state index is -0.0974. The number of benzene rings is 2. The van der Waals surface area contributed by atoms with Gasteiger partial charge in [0.25, 0.3) is 5.91 Å². The summed E-state index contributed by atoms with van der Waals surface area (Å²) in [4.78, 5) is 27.4. The molecule has 0 unspecified atom stereocenters. The number of fused-ring (bicyclic) bond motifs is 1. The second-order valence-electron chi connectivity index (χ2n) is 8.07. The van der Waals surface area contributed by atoms with Crippen molar-refractivity contribution < 1.29 is 13.9 Å². The zero-order valence-corrected chi connectivity index (χ0v) is 18.1. The standard InChI is InChI=1S/C25H28N2O4/c1-17-14-18(2)24-21(15-17)22(28)16-23(31-24)19-4-6-20(7-5-19)25(29)26-8-3-9-27-10-12-30-13-11-27/h4-7,14-16H,3,8-13H2,1-2H3,(H,26,29). The molecular formula is C25H28N2O4. The van der Waals surface area contributed by atoms with Gasteiger partial charge in [-0.3, -0.25) is 14.5 Å². The highest BCUT2D eigenvalue weighted by molar-refractivity contribution is 5.94. The van der Waals surface area contributed by atoms with Crippen LogP contribution >= 0.6 is 0 Å². The fourth-order valence-electron chi connectivity index (χ4n) is 3.97. The van der Waals surface area contributed by atoms with Gasteiger partial charge in [-0.15, -0.1) is 0 Å². The van der Waals surface area contributed by atoms with Crippen LogP contribution in [0.15, 0.2) is 51.7 Å². The van der Waals surface area contributed by atoms with E-state index in [0.29, 0.717) is 28.8 Å². The molecule has 2 aromatic carbocycles. The molecule has 0 aliphatic carbocycles. The van der Waals surface area contributed by atoms with Gasteiger partial charge < -0.3 is 14.5 Å². The molecule has 1 saturated heterocycles. The molecule has 0 radical (unpaired) electrons. The number of carbonyl (C=O) groups is 1. The molecule has 6 nitrogen and oxygen atoms in total. The number of hydrogen-bond donors (Lipinski definition) is 1. The summed E-state index contributed by atoms with van der Waals surface area (Å²) >= 11 is 0. The van der Waals surface area contributed by atoms with Crippen LogP contribution in [0.25, 0.3) is 22.3 Å². The van der Waals surface area contributed by atoms with Crippen molar-refractivity contribution in [2.24, 2.45) is 0 Å². The van der Waals surface area contributed by atoms with Crippen molar-refractivity contribution in [3.8, 4) is 11.3 Å². The predicted octanol–water partition coefficient (Wildman–Crippen LogP) is 3.53. The van der Waals surface area contributed by atoms with Crippen molar-refractivity contribution in [3.05, 3.63) is 69.4 Å². The summed E-state index contributed by atoms with van der Waals surface area (Å²) in [6.07, 6.45) is 0.908. The van der Waals surface area contributed by atoms with Gasteiger partial charge in [0.2, 0.25) is 0 Å². The Balaban J connectivity index is 1.40. The molecule has 2 heterocycles. The number of hydrogen-bond acceptors (Lipinski definition) is 5. The van der Waals surface area contributed by atoms with Crippen LogP contribution in [0.3, 0.4) is 0 Å². The van der Waals surface area contributed by atoms with Crippen LogP contribution in [0.1, 0.15) is 27.9 Å². The lowest BCUT2D eigenvalue weighted by Crippen LogP contribution is -2.38. The zero-order chi connectivity index (χ0) is 21.8. The molecule has 1 amide bonds. The minimum absolute atomic E-state index is 0.0647. The number of morpholine rings is 1. The number of amides is 1. The topological polar surface area (TPSA) is 71.8 Å². The monoisotopic (exact) mass is 420 g/mol. The summed E-state index contributed by atoms with van der Waals surface area (Å²) < 4.78 is 11.4. The third-order valence-electron chi connectivity index (χ3n) is 5.63. The van der Waals surface area contributed by atoms with E-state index < -0.39 is 0 Å². The molecule has 6 heteroatoms. The fraction of sp³-hybridized carbons (Fsp3) is 0.360. The van der Waals surface area contributed by atoms with Crippen molar-refractivity contribution in [2.75, 3.05) is 39.4 Å². The van der Waals surface area contributed by atoms with Crippen molar-refractivity contribution >= 4 is 16.9 Å². The molecule has 1 N–H and O–H groups in total. The lowest BCUT2D eigenvalue weighted by molar-refractivity contribution is 0.0374. The van der Waals surface area contributed by atoms with Crippen LogP contribution in [-0.2, 0) is 4.74 Å². The van der Waals surface area contributed by atoms with E-state index in [-0.39, 0.29) is 11.3 Å². The lowest BCUT2D eigenvalue weighted by atomic mass is 10.1. The van der Waals surface area contributed by atoms with Gasteiger partial charge in [-0.2, -0.15) is 0 Å². The molecule has 31 heavy (non-hydrogen) atoms. The number of aryl methyl sites for hydroxylation is 2. The highest BCUT2D eigenvalue weighted by Crippen LogP contribution is 2.25. The molecular weight excluding hydrogens is 392 g/mol. The third-order valence-corrected chi connectivity index (χ3v) is 5.63. The van der Waals surface area contributed by atoms with Gasteiger partial charge in [-0.1, -0.05) is 18.2 Å². The van der Waals surface area contributed by atoms with E-state index in [1.165, 1.54) is 6.07 Å². The number of rotatable bonds is 6. The van der Waals surface area contributed by atoms with Gasteiger partial charge in [0.1, 0.15) is 11.3 Å². The zero-order valence-electron chi connectivity index (χ0n) is 18.1. The molecule has 0 saturated carbocycles. The Morgan fingerprint density at radius 2 is 1.81 bits per heavy atom. The molecule has 0 atom stereocenters. The third kappa shape index (κ3) is 5.03. The summed E-state index contributed by atoms with van der Waals surface area (Å²) in [5, 5.41) is 3.57. The maximum Gasteiger partial charge on any atom is 0.251 e. The summed E-state index contributed by atoms with van der Waals surface area (Å²) in [6.45, 7) is 8.99. The van der Waals surface area contributed by atoms with Gasteiger partial charge in [-0.25, -0.2) is 0 Å². The number of ether oxygens (including phenoxy) is 1. The first-order valence-corrected chi connectivity index (χ1v) is 10.7. The Kier molecular flexibility index (Phi) is 6.49. The van der Waals surface area contributed by atoms with Crippen molar-refractivity contribution in [1.29, 1.82) is 0 Å². The van der Waals surface area contributed by atoms with Gasteiger partial charge in [-0.05, 0) is 56.1 Å². The Labute approximate surface area is 181 Å². The van der Waals surface area contributed by atoms with Crippen LogP contribution in [0, 0.1) is 13.8 Å². The fourth-order valence-corrected chi connectivity index (χ4v) is 3.97. The van der Waals surface area contributed by atoms with E-state index >= 15 is 0 Å². The van der Waals surface area contributed by atoms with Crippen LogP contribution in [0.5, 0.6) is 0 Å². The van der Waals surface area contributed by atoms with Crippen LogP contribution in [0.4, 0.5) is 0 Å². The first-order chi connectivity index (χ1) is 15.0. The summed E-state index contributed by atoms with van der Waals surface area (Å²) in [7, 11) is 0. The van der Waals surface area contributed by atoms with Gasteiger partial charge >= 0.3 is 0 Å².